The van der Waals surface area contributed by atoms with E-state index in [1.165, 1.54) is 6.92 Å². The topological polar surface area (TPSA) is 112 Å². The van der Waals surface area contributed by atoms with E-state index in [-0.39, 0.29) is 30.4 Å². The summed E-state index contributed by atoms with van der Waals surface area (Å²) in [5.74, 6) is -4.10. The Bertz CT molecular complexity index is 835. The van der Waals surface area contributed by atoms with E-state index in [1.807, 2.05) is 0 Å². The zero-order valence-electron chi connectivity index (χ0n) is 17.9. The Morgan fingerprint density at radius 3 is 2.65 bits per heavy atom. The normalized spacial score (nSPS) is 43.2. The molecule has 2 aliphatic carbocycles. The summed E-state index contributed by atoms with van der Waals surface area (Å²) < 4.78 is 23.5. The maximum absolute atomic E-state index is 12.6. The minimum atomic E-state index is -1.88. The molecular weight excluding hydrogens is 428 g/mol. The van der Waals surface area contributed by atoms with E-state index in [4.69, 9.17) is 30.5 Å². The highest BCUT2D eigenvalue weighted by atomic mass is 35.5. The lowest BCUT2D eigenvalue weighted by atomic mass is 9.76. The highest BCUT2D eigenvalue weighted by Gasteiger charge is 2.69. The number of aliphatic hydroxyl groups is 2. The number of carbonyl (C=O) groups excluding carboxylic acids is 2. The van der Waals surface area contributed by atoms with Gasteiger partial charge < -0.3 is 29.2 Å². The zero-order chi connectivity index (χ0) is 22.9. The van der Waals surface area contributed by atoms with Crippen molar-refractivity contribution in [1.29, 1.82) is 0 Å². The number of ether oxygens (including phenoxy) is 4. The van der Waals surface area contributed by atoms with Crippen LogP contribution in [0.25, 0.3) is 0 Å². The number of rotatable bonds is 3. The van der Waals surface area contributed by atoms with Crippen LogP contribution in [0.3, 0.4) is 0 Å². The van der Waals surface area contributed by atoms with Gasteiger partial charge in [0.05, 0.1) is 24.5 Å². The first-order valence-corrected chi connectivity index (χ1v) is 11.0. The van der Waals surface area contributed by atoms with Gasteiger partial charge in [0.25, 0.3) is 0 Å². The van der Waals surface area contributed by atoms with Gasteiger partial charge in [-0.15, -0.1) is 11.6 Å². The molecule has 0 amide bonds. The highest BCUT2D eigenvalue weighted by molar-refractivity contribution is 6.20. The molecule has 0 aromatic rings. The van der Waals surface area contributed by atoms with Crippen molar-refractivity contribution in [3.8, 4) is 0 Å². The van der Waals surface area contributed by atoms with Crippen molar-refractivity contribution >= 4 is 23.5 Å². The van der Waals surface area contributed by atoms with Crippen LogP contribution in [0.4, 0.5) is 0 Å². The van der Waals surface area contributed by atoms with Gasteiger partial charge in [-0.05, 0) is 33.1 Å². The Kier molecular flexibility index (Phi) is 5.34. The second-order valence-corrected chi connectivity index (χ2v) is 10.0. The SMILES string of the molecule is C=C1C(=O)O[C@H]2[C@H]1[C@@H](OC(=O)[C@](C)(O)CCl)CC(=C)[C@@H]1C[C@H](O)[C@]3(COC(C)(C)O3)[C@H]21. The standard InChI is InChI=1S/C22H29ClO8/c1-10-6-13(29-19(26)21(5,27)8-23)15-11(2)18(25)30-17(15)16-12(10)7-14(24)22(16)9-28-20(3,4)31-22/h12-17,24,27H,1-2,6-9H2,3-5H3/t12-,13-,14-,15+,16-,17-,21+,22+/m0/s1. The minimum absolute atomic E-state index is 0.133. The molecule has 0 radical (unpaired) electrons. The maximum Gasteiger partial charge on any atom is 0.339 e. The lowest BCUT2D eigenvalue weighted by molar-refractivity contribution is -0.202. The minimum Gasteiger partial charge on any atom is -0.459 e. The third kappa shape index (κ3) is 3.43. The van der Waals surface area contributed by atoms with Crippen LogP contribution in [-0.4, -0.2) is 69.9 Å². The van der Waals surface area contributed by atoms with E-state index in [9.17, 15) is 19.8 Å². The van der Waals surface area contributed by atoms with Crippen molar-refractivity contribution in [3.05, 3.63) is 24.3 Å². The summed E-state index contributed by atoms with van der Waals surface area (Å²) in [5.41, 5.74) is -2.05. The Balaban J connectivity index is 1.74. The average molecular weight is 457 g/mol. The van der Waals surface area contributed by atoms with Gasteiger partial charge in [-0.2, -0.15) is 0 Å². The fraction of sp³-hybridized carbons (Fsp3) is 0.727. The summed E-state index contributed by atoms with van der Waals surface area (Å²) in [6.45, 7) is 13.0. The van der Waals surface area contributed by atoms with Crippen molar-refractivity contribution in [2.45, 2.75) is 68.9 Å². The molecule has 0 aromatic carbocycles. The lowest BCUT2D eigenvalue weighted by Gasteiger charge is -2.38. The molecule has 2 aliphatic heterocycles. The van der Waals surface area contributed by atoms with Crippen LogP contribution in [0, 0.1) is 17.8 Å². The van der Waals surface area contributed by atoms with Crippen molar-refractivity contribution in [2.24, 2.45) is 17.8 Å². The number of hydrogen-bond donors (Lipinski definition) is 2. The Morgan fingerprint density at radius 1 is 1.39 bits per heavy atom. The quantitative estimate of drug-likeness (QED) is 0.284. The van der Waals surface area contributed by atoms with E-state index in [1.54, 1.807) is 13.8 Å². The molecule has 2 heterocycles. The number of esters is 2. The number of hydrogen-bond acceptors (Lipinski definition) is 8. The molecule has 2 saturated carbocycles. The van der Waals surface area contributed by atoms with E-state index < -0.39 is 59.1 Å². The second-order valence-electron chi connectivity index (χ2n) is 9.76. The first-order chi connectivity index (χ1) is 14.3. The fourth-order valence-electron chi connectivity index (χ4n) is 5.52. The molecule has 4 rings (SSSR count). The number of carbonyl (C=O) groups is 2. The molecule has 2 saturated heterocycles. The predicted octanol–water partition coefficient (Wildman–Crippen LogP) is 1.46. The molecule has 4 fully saturated rings. The van der Waals surface area contributed by atoms with Crippen LogP contribution >= 0.6 is 11.6 Å². The molecule has 0 aromatic heterocycles. The molecule has 172 valence electrons. The molecule has 2 N–H and O–H groups in total. The molecule has 4 aliphatic rings. The number of fused-ring (bicyclic) bond motifs is 4. The molecule has 0 bridgehead atoms. The number of aliphatic hydroxyl groups excluding tert-OH is 1. The molecule has 0 unspecified atom stereocenters. The predicted molar refractivity (Wildman–Crippen MR) is 109 cm³/mol. The van der Waals surface area contributed by atoms with Gasteiger partial charge in [0.2, 0.25) is 0 Å². The first kappa shape index (κ1) is 22.7. The number of alkyl halides is 1. The summed E-state index contributed by atoms with van der Waals surface area (Å²) in [5, 5.41) is 21.2. The van der Waals surface area contributed by atoms with Crippen molar-refractivity contribution in [1.82, 2.24) is 0 Å². The smallest absolute Gasteiger partial charge is 0.339 e. The van der Waals surface area contributed by atoms with Crippen molar-refractivity contribution < 1.29 is 38.7 Å². The van der Waals surface area contributed by atoms with E-state index >= 15 is 0 Å². The fourth-order valence-corrected chi connectivity index (χ4v) is 5.63. The Morgan fingerprint density at radius 2 is 2.06 bits per heavy atom. The van der Waals surface area contributed by atoms with Crippen LogP contribution in [0.2, 0.25) is 0 Å². The van der Waals surface area contributed by atoms with Crippen LogP contribution in [0.15, 0.2) is 24.3 Å². The molecule has 1 spiro atoms. The molecular formula is C22H29ClO8. The molecule has 8 atom stereocenters. The van der Waals surface area contributed by atoms with E-state index in [0.717, 1.165) is 5.57 Å². The number of halogens is 1. The Labute approximate surface area is 186 Å². The van der Waals surface area contributed by atoms with Crippen LogP contribution in [-0.2, 0) is 28.5 Å². The van der Waals surface area contributed by atoms with Gasteiger partial charge in [-0.25, -0.2) is 9.59 Å². The summed E-state index contributed by atoms with van der Waals surface area (Å²) in [7, 11) is 0. The van der Waals surface area contributed by atoms with Gasteiger partial charge in [0.15, 0.2) is 11.4 Å². The summed E-state index contributed by atoms with van der Waals surface area (Å²) >= 11 is 5.71. The van der Waals surface area contributed by atoms with E-state index in [2.05, 4.69) is 13.2 Å². The van der Waals surface area contributed by atoms with Gasteiger partial charge in [0, 0.05) is 17.9 Å². The molecule has 9 heteroatoms. The monoisotopic (exact) mass is 456 g/mol. The van der Waals surface area contributed by atoms with Gasteiger partial charge >= 0.3 is 11.9 Å². The van der Waals surface area contributed by atoms with Gasteiger partial charge in [-0.1, -0.05) is 18.7 Å². The summed E-state index contributed by atoms with van der Waals surface area (Å²) in [6.07, 6.45) is -1.83. The zero-order valence-corrected chi connectivity index (χ0v) is 18.7. The maximum atomic E-state index is 12.6. The molecule has 8 nitrogen and oxygen atoms in total. The summed E-state index contributed by atoms with van der Waals surface area (Å²) in [6, 6.07) is 0. The van der Waals surface area contributed by atoms with Crippen LogP contribution in [0.5, 0.6) is 0 Å². The average Bonchev–Trinajstić information content (AvgIpc) is 3.24. The third-order valence-electron chi connectivity index (χ3n) is 7.08. The lowest BCUT2D eigenvalue weighted by Crippen LogP contribution is -2.53. The summed E-state index contributed by atoms with van der Waals surface area (Å²) in [4.78, 5) is 25.1. The van der Waals surface area contributed by atoms with Gasteiger partial charge in [0.1, 0.15) is 17.8 Å². The third-order valence-corrected chi connectivity index (χ3v) is 7.60. The van der Waals surface area contributed by atoms with Crippen LogP contribution in [0.1, 0.15) is 33.6 Å². The Hall–Kier alpha value is -1.45. The molecule has 31 heavy (non-hydrogen) atoms. The second kappa shape index (κ2) is 7.28. The van der Waals surface area contributed by atoms with Crippen molar-refractivity contribution in [2.75, 3.05) is 12.5 Å². The largest absolute Gasteiger partial charge is 0.459 e. The van der Waals surface area contributed by atoms with E-state index in [0.29, 0.717) is 6.42 Å². The van der Waals surface area contributed by atoms with Crippen molar-refractivity contribution in [3.63, 3.8) is 0 Å². The van der Waals surface area contributed by atoms with Crippen LogP contribution < -0.4 is 0 Å². The first-order valence-electron chi connectivity index (χ1n) is 10.4. The highest BCUT2D eigenvalue weighted by Crippen LogP contribution is 2.58. The van der Waals surface area contributed by atoms with Gasteiger partial charge in [-0.3, -0.25) is 0 Å².